The first-order valence-corrected chi connectivity index (χ1v) is 16.4. The molecule has 0 radical (unpaired) electrons. The molecule has 0 spiro atoms. The molecule has 0 heterocycles. The zero-order chi connectivity index (χ0) is 28.6. The van der Waals surface area contributed by atoms with Crippen LogP contribution in [0.4, 0.5) is 0 Å². The zero-order valence-corrected chi connectivity index (χ0v) is 26.5. The first-order valence-electron chi connectivity index (χ1n) is 15.5. The van der Waals surface area contributed by atoms with Crippen LogP contribution in [0.15, 0.2) is 53.5 Å². The van der Waals surface area contributed by atoms with Gasteiger partial charge < -0.3 is 19.3 Å². The molecule has 1 aliphatic carbocycles. The predicted octanol–water partition coefficient (Wildman–Crippen LogP) is 8.95. The highest BCUT2D eigenvalue weighted by Gasteiger charge is 2.53. The lowest BCUT2D eigenvalue weighted by Crippen LogP contribution is -2.54. The van der Waals surface area contributed by atoms with Crippen LogP contribution >= 0.6 is 8.20 Å². The first-order chi connectivity index (χ1) is 18.8. The normalized spacial score (nSPS) is 21.7. The Morgan fingerprint density at radius 3 is 1.85 bits per heavy atom. The van der Waals surface area contributed by atoms with Crippen LogP contribution in [0.25, 0.3) is 0 Å². The Kier molecular flexibility index (Phi) is 15.5. The third-order valence-corrected chi connectivity index (χ3v) is 9.56. The number of allylic oxidation sites excluding steroid dienone is 1. The molecule has 0 bridgehead atoms. The van der Waals surface area contributed by atoms with Gasteiger partial charge in [0.2, 0.25) is 0 Å². The minimum absolute atomic E-state index is 0.0797. The summed E-state index contributed by atoms with van der Waals surface area (Å²) in [4.78, 5) is 0. The zero-order valence-electron chi connectivity index (χ0n) is 25.7. The summed E-state index contributed by atoms with van der Waals surface area (Å²) < 4.78 is 19.8. The molecule has 1 aliphatic rings. The molecule has 0 aliphatic heterocycles. The van der Waals surface area contributed by atoms with Gasteiger partial charge in [0.15, 0.2) is 0 Å². The summed E-state index contributed by atoms with van der Waals surface area (Å²) in [7, 11) is 0.647. The lowest BCUT2D eigenvalue weighted by molar-refractivity contribution is -0.207. The van der Waals surface area contributed by atoms with Gasteiger partial charge in [0, 0.05) is 18.3 Å². The van der Waals surface area contributed by atoms with Crippen molar-refractivity contribution in [3.8, 4) is 0 Å². The van der Waals surface area contributed by atoms with Crippen molar-refractivity contribution in [3.05, 3.63) is 59.1 Å². The first kappa shape index (κ1) is 33.6. The smallest absolute Gasteiger partial charge is 0.124 e. The molecule has 0 fully saturated rings. The maximum atomic E-state index is 13.6. The molecule has 1 aromatic rings. The molecule has 2 atom stereocenters. The topological polar surface area (TPSA) is 50.8 Å². The minimum atomic E-state index is -0.739. The fraction of sp³-hybridized carbons (Fsp3) is 0.676. The second kappa shape index (κ2) is 17.9. The van der Waals surface area contributed by atoms with Crippen LogP contribution in [-0.2, 0) is 14.2 Å². The van der Waals surface area contributed by atoms with E-state index in [0.29, 0.717) is 33.6 Å². The van der Waals surface area contributed by atoms with E-state index in [1.807, 2.05) is 30.3 Å². The summed E-state index contributed by atoms with van der Waals surface area (Å²) in [6.45, 7) is 15.0. The van der Waals surface area contributed by atoms with Crippen molar-refractivity contribution in [2.45, 2.75) is 129 Å². The SMILES string of the molecule is CCCCCCOC1=CC(OCCCCCC)=C(C)C(C)(OCCCCCC)C1(C)P=C([O-])c1ccccc1. The van der Waals surface area contributed by atoms with Crippen molar-refractivity contribution in [2.24, 2.45) is 0 Å². The highest BCUT2D eigenvalue weighted by atomic mass is 31.1. The summed E-state index contributed by atoms with van der Waals surface area (Å²) in [5.41, 5.74) is 1.10. The monoisotopic (exact) mass is 557 g/mol. The van der Waals surface area contributed by atoms with E-state index in [9.17, 15) is 5.11 Å². The van der Waals surface area contributed by atoms with E-state index in [1.165, 1.54) is 44.9 Å². The number of ether oxygens (including phenoxy) is 3. The average Bonchev–Trinajstić information content (AvgIpc) is 2.94. The van der Waals surface area contributed by atoms with Gasteiger partial charge in [0.05, 0.1) is 18.4 Å². The lowest BCUT2D eigenvalue weighted by Gasteiger charge is -2.49. The van der Waals surface area contributed by atoms with Crippen molar-refractivity contribution in [2.75, 3.05) is 19.8 Å². The summed E-state index contributed by atoms with van der Waals surface area (Å²) in [6, 6.07) is 9.58. The number of hydrogen-bond acceptors (Lipinski definition) is 4. The molecule has 220 valence electrons. The van der Waals surface area contributed by atoms with Gasteiger partial charge in [0.25, 0.3) is 0 Å². The number of unbranched alkanes of at least 4 members (excludes halogenated alkanes) is 9. The highest BCUT2D eigenvalue weighted by Crippen LogP contribution is 2.52. The van der Waals surface area contributed by atoms with E-state index in [1.54, 1.807) is 0 Å². The van der Waals surface area contributed by atoms with Gasteiger partial charge in [-0.05, 0) is 45.6 Å². The molecule has 4 nitrogen and oxygen atoms in total. The summed E-state index contributed by atoms with van der Waals surface area (Å²) >= 11 is 0. The Labute approximate surface area is 241 Å². The Morgan fingerprint density at radius 2 is 1.28 bits per heavy atom. The maximum Gasteiger partial charge on any atom is 0.124 e. The third kappa shape index (κ3) is 9.76. The van der Waals surface area contributed by atoms with E-state index < -0.39 is 10.8 Å². The van der Waals surface area contributed by atoms with Crippen LogP contribution < -0.4 is 5.11 Å². The summed E-state index contributed by atoms with van der Waals surface area (Å²) in [5.74, 6) is 1.64. The molecule has 2 unspecified atom stereocenters. The molecule has 0 amide bonds. The Balaban J connectivity index is 2.47. The second-order valence-electron chi connectivity index (χ2n) is 11.1. The quantitative estimate of drug-likeness (QED) is 0.119. The molecule has 0 aromatic heterocycles. The molecule has 0 saturated carbocycles. The molecule has 0 saturated heterocycles. The fourth-order valence-corrected chi connectivity index (χ4v) is 6.39. The Bertz CT molecular complexity index is 922. The molecule has 2 rings (SSSR count). The van der Waals surface area contributed by atoms with Crippen molar-refractivity contribution in [1.82, 2.24) is 0 Å². The third-order valence-electron chi connectivity index (χ3n) is 8.00. The predicted molar refractivity (Wildman–Crippen MR) is 165 cm³/mol. The van der Waals surface area contributed by atoms with E-state index in [-0.39, 0.29) is 5.48 Å². The van der Waals surface area contributed by atoms with Crippen LogP contribution in [0.5, 0.6) is 0 Å². The molecular weight excluding hydrogens is 503 g/mol. The van der Waals surface area contributed by atoms with E-state index >= 15 is 0 Å². The van der Waals surface area contributed by atoms with Crippen molar-refractivity contribution in [3.63, 3.8) is 0 Å². The van der Waals surface area contributed by atoms with Gasteiger partial charge in [-0.1, -0.05) is 109 Å². The van der Waals surface area contributed by atoms with Crippen LogP contribution in [0.1, 0.15) is 124 Å². The number of benzene rings is 1. The average molecular weight is 558 g/mol. The Hall–Kier alpha value is -1.61. The van der Waals surface area contributed by atoms with Crippen LogP contribution in [0, 0.1) is 0 Å². The van der Waals surface area contributed by atoms with Crippen molar-refractivity contribution >= 4 is 13.7 Å². The number of hydrogen-bond donors (Lipinski definition) is 0. The van der Waals surface area contributed by atoms with Gasteiger partial charge in [0.1, 0.15) is 17.1 Å². The van der Waals surface area contributed by atoms with Gasteiger partial charge in [-0.3, -0.25) is 0 Å². The number of rotatable bonds is 20. The lowest BCUT2D eigenvalue weighted by atomic mass is 9.77. The van der Waals surface area contributed by atoms with Crippen LogP contribution in [0.2, 0.25) is 0 Å². The largest absolute Gasteiger partial charge is 0.823 e. The molecule has 39 heavy (non-hydrogen) atoms. The van der Waals surface area contributed by atoms with Crippen LogP contribution in [-0.4, -0.2) is 36.1 Å². The van der Waals surface area contributed by atoms with Gasteiger partial charge in [-0.25, -0.2) is 0 Å². The van der Waals surface area contributed by atoms with E-state index in [2.05, 4.69) is 47.6 Å². The van der Waals surface area contributed by atoms with E-state index in [4.69, 9.17) is 14.2 Å². The minimum Gasteiger partial charge on any atom is -0.823 e. The van der Waals surface area contributed by atoms with Crippen molar-refractivity contribution < 1.29 is 19.3 Å². The van der Waals surface area contributed by atoms with Gasteiger partial charge >= 0.3 is 0 Å². The molecular formula is C34H54O4P-. The molecule has 0 N–H and O–H groups in total. The van der Waals surface area contributed by atoms with Gasteiger partial charge in [-0.15, -0.1) is 13.7 Å². The van der Waals surface area contributed by atoms with Crippen LogP contribution in [0.3, 0.4) is 0 Å². The highest BCUT2D eigenvalue weighted by molar-refractivity contribution is 7.42. The maximum absolute atomic E-state index is 13.6. The Morgan fingerprint density at radius 1 is 0.744 bits per heavy atom. The van der Waals surface area contributed by atoms with Crippen molar-refractivity contribution in [1.29, 1.82) is 0 Å². The standard InChI is InChI=1S/C34H55O4P/c1-7-10-13-19-24-36-30-27-31(37-25-20-14-11-8-2)34(6,39-32(35)29-22-17-16-18-23-29)33(5,28(30)4)38-26-21-15-12-9-3/h16-18,22-23,27,35H,7-15,19-21,24-26H2,1-6H3/p-1. The summed E-state index contributed by atoms with van der Waals surface area (Å²) in [5, 5.41) is 13.0. The molecule has 5 heteroatoms. The second-order valence-corrected chi connectivity index (χ2v) is 12.6. The van der Waals surface area contributed by atoms with E-state index in [0.717, 1.165) is 49.2 Å². The molecule has 1 aromatic carbocycles. The fourth-order valence-electron chi connectivity index (χ4n) is 5.02. The van der Waals surface area contributed by atoms with Gasteiger partial charge in [-0.2, -0.15) is 0 Å². The summed E-state index contributed by atoms with van der Waals surface area (Å²) in [6.07, 6.45) is 15.7.